The fourth-order valence-electron chi connectivity index (χ4n) is 3.05. The lowest BCUT2D eigenvalue weighted by Crippen LogP contribution is -2.58. The molecule has 1 aliphatic carbocycles. The number of fused-ring (bicyclic) bond motifs is 1. The minimum absolute atomic E-state index is 0.147. The molecule has 0 spiro atoms. The second-order valence-electron chi connectivity index (χ2n) is 5.22. The molecule has 1 fully saturated rings. The van der Waals surface area contributed by atoms with Crippen LogP contribution >= 0.6 is 0 Å². The molecule has 2 aliphatic rings. The molecule has 1 amide bonds. The average Bonchev–Trinajstić information content (AvgIpc) is 2.36. The zero-order valence-electron chi connectivity index (χ0n) is 10.4. The molecular weight excluding hydrogens is 226 g/mol. The van der Waals surface area contributed by atoms with E-state index in [4.69, 9.17) is 5.73 Å². The third-order valence-corrected chi connectivity index (χ3v) is 4.10. The minimum Gasteiger partial charge on any atom is -0.368 e. The highest BCUT2D eigenvalue weighted by Crippen LogP contribution is 2.35. The van der Waals surface area contributed by atoms with E-state index < -0.39 is 0 Å². The number of benzene rings is 1. The average molecular weight is 245 g/mol. The van der Waals surface area contributed by atoms with Crippen molar-refractivity contribution in [1.29, 1.82) is 0 Å². The summed E-state index contributed by atoms with van der Waals surface area (Å²) in [7, 11) is 0. The summed E-state index contributed by atoms with van der Waals surface area (Å²) in [6.45, 7) is 3.49. The van der Waals surface area contributed by atoms with Crippen LogP contribution in [-0.4, -0.2) is 43.0 Å². The molecular formula is C14H19N3O. The summed E-state index contributed by atoms with van der Waals surface area (Å²) in [5.74, 6) is 0.357. The summed E-state index contributed by atoms with van der Waals surface area (Å²) >= 11 is 0. The van der Waals surface area contributed by atoms with Crippen molar-refractivity contribution in [3.05, 3.63) is 35.4 Å². The predicted molar refractivity (Wildman–Crippen MR) is 70.3 cm³/mol. The van der Waals surface area contributed by atoms with E-state index in [1.165, 1.54) is 11.1 Å². The Hall–Kier alpha value is -1.39. The maximum absolute atomic E-state index is 11.4. The van der Waals surface area contributed by atoms with Gasteiger partial charge in [-0.15, -0.1) is 0 Å². The van der Waals surface area contributed by atoms with Gasteiger partial charge in [0, 0.05) is 32.1 Å². The Bertz CT molecular complexity index is 460. The smallest absolute Gasteiger partial charge is 0.236 e. The van der Waals surface area contributed by atoms with Crippen LogP contribution in [-0.2, 0) is 11.2 Å². The third-order valence-electron chi connectivity index (χ3n) is 4.10. The van der Waals surface area contributed by atoms with Crippen LogP contribution in [0.4, 0.5) is 0 Å². The Labute approximate surface area is 107 Å². The number of nitrogens with one attached hydrogen (secondary N) is 1. The van der Waals surface area contributed by atoms with Crippen molar-refractivity contribution in [2.24, 2.45) is 5.73 Å². The van der Waals surface area contributed by atoms with Crippen LogP contribution in [0.15, 0.2) is 24.3 Å². The first-order chi connectivity index (χ1) is 8.75. The maximum atomic E-state index is 11.4. The number of carbonyl (C=O) groups excluding carboxylic acids is 1. The van der Waals surface area contributed by atoms with Crippen LogP contribution in [0.5, 0.6) is 0 Å². The zero-order valence-corrected chi connectivity index (χ0v) is 10.4. The van der Waals surface area contributed by atoms with Crippen molar-refractivity contribution in [3.63, 3.8) is 0 Å². The molecule has 1 saturated heterocycles. The molecule has 1 heterocycles. The van der Waals surface area contributed by atoms with Gasteiger partial charge in [-0.1, -0.05) is 24.3 Å². The first-order valence-electron chi connectivity index (χ1n) is 6.57. The fraction of sp³-hybridized carbons (Fsp3) is 0.500. The predicted octanol–water partition coefficient (Wildman–Crippen LogP) is 0.0854. The second kappa shape index (κ2) is 4.71. The highest BCUT2D eigenvalue weighted by atomic mass is 16.1. The van der Waals surface area contributed by atoms with Crippen molar-refractivity contribution in [2.75, 3.05) is 26.2 Å². The Balaban J connectivity index is 1.68. The largest absolute Gasteiger partial charge is 0.368 e. The van der Waals surface area contributed by atoms with Crippen molar-refractivity contribution in [2.45, 2.75) is 18.4 Å². The number of rotatable bonds is 3. The van der Waals surface area contributed by atoms with Crippen LogP contribution < -0.4 is 11.1 Å². The number of carbonyl (C=O) groups is 1. The lowest BCUT2D eigenvalue weighted by Gasteiger charge is -2.40. The third kappa shape index (κ3) is 2.02. The molecule has 0 radical (unpaired) electrons. The van der Waals surface area contributed by atoms with Crippen LogP contribution in [0.2, 0.25) is 0 Å². The van der Waals surface area contributed by atoms with E-state index >= 15 is 0 Å². The summed E-state index contributed by atoms with van der Waals surface area (Å²) in [4.78, 5) is 13.7. The number of nitrogens with zero attached hydrogens (tertiary/aromatic N) is 1. The molecule has 1 aromatic rings. The number of piperazine rings is 1. The summed E-state index contributed by atoms with van der Waals surface area (Å²) < 4.78 is 0. The monoisotopic (exact) mass is 245 g/mol. The molecule has 2 unspecified atom stereocenters. The molecule has 0 saturated carbocycles. The summed E-state index contributed by atoms with van der Waals surface area (Å²) in [5.41, 5.74) is 8.36. The van der Waals surface area contributed by atoms with Crippen molar-refractivity contribution >= 4 is 5.91 Å². The molecule has 3 N–H and O–H groups in total. The van der Waals surface area contributed by atoms with Crippen LogP contribution in [0, 0.1) is 0 Å². The molecule has 18 heavy (non-hydrogen) atoms. The Morgan fingerprint density at radius 2 is 2.28 bits per heavy atom. The lowest BCUT2D eigenvalue weighted by molar-refractivity contribution is -0.123. The molecule has 0 aromatic heterocycles. The maximum Gasteiger partial charge on any atom is 0.236 e. The van der Waals surface area contributed by atoms with Crippen LogP contribution in [0.1, 0.15) is 17.0 Å². The lowest BCUT2D eigenvalue weighted by atomic mass is 9.77. The van der Waals surface area contributed by atoms with Gasteiger partial charge in [0.1, 0.15) is 6.04 Å². The van der Waals surface area contributed by atoms with Gasteiger partial charge in [0.2, 0.25) is 5.91 Å². The van der Waals surface area contributed by atoms with Gasteiger partial charge in [-0.05, 0) is 17.5 Å². The molecule has 4 heteroatoms. The SMILES string of the molecule is NC(=O)C1CNCCN1CC1Cc2ccccc21. The van der Waals surface area contributed by atoms with Gasteiger partial charge in [-0.25, -0.2) is 0 Å². The van der Waals surface area contributed by atoms with Gasteiger partial charge in [0.25, 0.3) is 0 Å². The normalized spacial score (nSPS) is 27.3. The van der Waals surface area contributed by atoms with Gasteiger partial charge in [0.15, 0.2) is 0 Å². The van der Waals surface area contributed by atoms with E-state index in [-0.39, 0.29) is 11.9 Å². The standard InChI is InChI=1S/C14H19N3O/c15-14(18)13-8-16-5-6-17(13)9-11-7-10-3-1-2-4-12(10)11/h1-4,11,13,16H,5-9H2,(H2,15,18). The van der Waals surface area contributed by atoms with E-state index in [2.05, 4.69) is 34.5 Å². The first kappa shape index (κ1) is 11.7. The van der Waals surface area contributed by atoms with Crippen molar-refractivity contribution < 1.29 is 4.79 Å². The number of nitrogens with two attached hydrogens (primary N) is 1. The summed E-state index contributed by atoms with van der Waals surface area (Å²) in [6.07, 6.45) is 1.13. The summed E-state index contributed by atoms with van der Waals surface area (Å²) in [5, 5.41) is 3.23. The molecule has 4 nitrogen and oxygen atoms in total. The topological polar surface area (TPSA) is 58.4 Å². The number of hydrogen-bond acceptors (Lipinski definition) is 3. The van der Waals surface area contributed by atoms with E-state index in [1.807, 2.05) is 0 Å². The molecule has 1 aromatic carbocycles. The highest BCUT2D eigenvalue weighted by molar-refractivity contribution is 5.80. The molecule has 0 bridgehead atoms. The quantitative estimate of drug-likeness (QED) is 0.793. The Morgan fingerprint density at radius 3 is 3.06 bits per heavy atom. The van der Waals surface area contributed by atoms with E-state index in [0.717, 1.165) is 26.1 Å². The van der Waals surface area contributed by atoms with Gasteiger partial charge in [0.05, 0.1) is 0 Å². The van der Waals surface area contributed by atoms with Gasteiger partial charge < -0.3 is 11.1 Å². The van der Waals surface area contributed by atoms with Gasteiger partial charge in [-0.3, -0.25) is 9.69 Å². The van der Waals surface area contributed by atoms with Crippen molar-refractivity contribution in [1.82, 2.24) is 10.2 Å². The summed E-state index contributed by atoms with van der Waals surface area (Å²) in [6, 6.07) is 8.42. The minimum atomic E-state index is -0.213. The van der Waals surface area contributed by atoms with Crippen molar-refractivity contribution in [3.8, 4) is 0 Å². The molecule has 96 valence electrons. The van der Waals surface area contributed by atoms with E-state index in [0.29, 0.717) is 12.5 Å². The zero-order chi connectivity index (χ0) is 12.5. The van der Waals surface area contributed by atoms with E-state index in [1.54, 1.807) is 0 Å². The fourth-order valence-corrected chi connectivity index (χ4v) is 3.05. The van der Waals surface area contributed by atoms with Gasteiger partial charge in [-0.2, -0.15) is 0 Å². The first-order valence-corrected chi connectivity index (χ1v) is 6.57. The van der Waals surface area contributed by atoms with E-state index in [9.17, 15) is 4.79 Å². The second-order valence-corrected chi connectivity index (χ2v) is 5.22. The Morgan fingerprint density at radius 1 is 1.44 bits per heavy atom. The molecule has 3 rings (SSSR count). The van der Waals surface area contributed by atoms with Crippen LogP contribution in [0.3, 0.4) is 0 Å². The number of primary amides is 1. The van der Waals surface area contributed by atoms with Crippen LogP contribution in [0.25, 0.3) is 0 Å². The number of amides is 1. The molecule has 1 aliphatic heterocycles. The van der Waals surface area contributed by atoms with Gasteiger partial charge >= 0.3 is 0 Å². The Kier molecular flexibility index (Phi) is 3.06. The number of hydrogen-bond donors (Lipinski definition) is 2. The highest BCUT2D eigenvalue weighted by Gasteiger charge is 2.32. The molecule has 2 atom stereocenters.